The van der Waals surface area contributed by atoms with Crippen molar-refractivity contribution in [2.75, 3.05) is 33.4 Å². The summed E-state index contributed by atoms with van der Waals surface area (Å²) in [5.41, 5.74) is 1.42. The Morgan fingerprint density at radius 3 is 2.56 bits per heavy atom. The Balaban J connectivity index is 0.00000576. The fourth-order valence-electron chi connectivity index (χ4n) is 1.86. The largest absolute Gasteiger partial charge is 0.484 e. The molecule has 0 unspecified atom stereocenters. The minimum atomic E-state index is -4.37. The summed E-state index contributed by atoms with van der Waals surface area (Å²) in [6.07, 6.45) is -4.37. The van der Waals surface area contributed by atoms with E-state index < -0.39 is 12.8 Å². The molecule has 2 N–H and O–H groups in total. The number of alkyl halides is 3. The number of nitrogens with zero attached hydrogens (tertiary/aromatic N) is 1. The monoisotopic (exact) mass is 475 g/mol. The quantitative estimate of drug-likeness (QED) is 0.263. The van der Waals surface area contributed by atoms with Gasteiger partial charge in [0.2, 0.25) is 0 Å². The number of hydrogen-bond acceptors (Lipinski definition) is 3. The Morgan fingerprint density at radius 1 is 1.24 bits per heavy atom. The van der Waals surface area contributed by atoms with Gasteiger partial charge in [0.1, 0.15) is 5.75 Å². The van der Waals surface area contributed by atoms with Crippen LogP contribution in [0.25, 0.3) is 0 Å². The summed E-state index contributed by atoms with van der Waals surface area (Å²) in [5.74, 6) is 0.765. The van der Waals surface area contributed by atoms with Gasteiger partial charge in [-0.15, -0.1) is 24.0 Å². The van der Waals surface area contributed by atoms with Crippen LogP contribution in [0.1, 0.15) is 18.1 Å². The number of benzene rings is 1. The second kappa shape index (κ2) is 12.2. The van der Waals surface area contributed by atoms with Crippen molar-refractivity contribution in [2.45, 2.75) is 26.6 Å². The fourth-order valence-corrected chi connectivity index (χ4v) is 1.86. The van der Waals surface area contributed by atoms with Gasteiger partial charge in [0.15, 0.2) is 12.6 Å². The molecule has 0 heterocycles. The van der Waals surface area contributed by atoms with E-state index in [0.717, 1.165) is 5.56 Å². The number of hydrogen-bond donors (Lipinski definition) is 2. The van der Waals surface area contributed by atoms with Crippen LogP contribution in [0.4, 0.5) is 13.2 Å². The van der Waals surface area contributed by atoms with Gasteiger partial charge in [-0.05, 0) is 25.5 Å². The summed E-state index contributed by atoms with van der Waals surface area (Å²) in [7, 11) is 1.60. The van der Waals surface area contributed by atoms with Gasteiger partial charge in [0.25, 0.3) is 0 Å². The lowest BCUT2D eigenvalue weighted by molar-refractivity contribution is -0.153. The first-order chi connectivity index (χ1) is 11.4. The first-order valence-corrected chi connectivity index (χ1v) is 7.66. The minimum absolute atomic E-state index is 0. The average Bonchev–Trinajstić information content (AvgIpc) is 2.51. The molecule has 0 spiro atoms. The topological polar surface area (TPSA) is 54.9 Å². The lowest BCUT2D eigenvalue weighted by Crippen LogP contribution is -2.38. The maximum atomic E-state index is 12.4. The maximum absolute atomic E-state index is 12.4. The van der Waals surface area contributed by atoms with Crippen molar-refractivity contribution in [1.29, 1.82) is 0 Å². The third kappa shape index (κ3) is 10.4. The van der Waals surface area contributed by atoms with Crippen LogP contribution in [0.5, 0.6) is 5.75 Å². The Morgan fingerprint density at radius 2 is 1.96 bits per heavy atom. The van der Waals surface area contributed by atoms with E-state index in [2.05, 4.69) is 15.6 Å². The zero-order valence-corrected chi connectivity index (χ0v) is 16.9. The molecule has 25 heavy (non-hydrogen) atoms. The normalized spacial score (nSPS) is 11.7. The first-order valence-electron chi connectivity index (χ1n) is 7.66. The molecule has 0 saturated heterocycles. The number of ether oxygens (including phenoxy) is 2. The number of guanidine groups is 1. The van der Waals surface area contributed by atoms with E-state index in [-0.39, 0.29) is 36.3 Å². The van der Waals surface area contributed by atoms with E-state index in [9.17, 15) is 13.2 Å². The highest BCUT2D eigenvalue weighted by molar-refractivity contribution is 14.0. The Hall–Kier alpha value is -1.23. The van der Waals surface area contributed by atoms with Crippen LogP contribution in [0.2, 0.25) is 0 Å². The van der Waals surface area contributed by atoms with Crippen molar-refractivity contribution in [1.82, 2.24) is 10.6 Å². The molecule has 0 bridgehead atoms. The molecule has 5 nitrogen and oxygen atoms in total. The summed E-state index contributed by atoms with van der Waals surface area (Å²) in [5, 5.41) is 6.13. The molecule has 1 rings (SSSR count). The molecule has 0 radical (unpaired) electrons. The fraction of sp³-hybridized carbons (Fsp3) is 0.562. The summed E-state index contributed by atoms with van der Waals surface area (Å²) in [6.45, 7) is 4.38. The zero-order valence-electron chi connectivity index (χ0n) is 14.6. The number of halogens is 4. The van der Waals surface area contributed by atoms with E-state index in [0.29, 0.717) is 31.2 Å². The van der Waals surface area contributed by atoms with Gasteiger partial charge in [-0.2, -0.15) is 13.2 Å². The molecule has 0 amide bonds. The molecule has 1 aromatic rings. The van der Waals surface area contributed by atoms with Crippen molar-refractivity contribution in [3.8, 4) is 5.75 Å². The van der Waals surface area contributed by atoms with Crippen molar-refractivity contribution >= 4 is 29.9 Å². The molecule has 0 aliphatic heterocycles. The van der Waals surface area contributed by atoms with Crippen molar-refractivity contribution < 1.29 is 22.6 Å². The SMILES string of the molecule is CCNC(=NCc1ccc(C)cc1OCC(F)(F)F)NCCOC.I. The van der Waals surface area contributed by atoms with Crippen molar-refractivity contribution in [3.63, 3.8) is 0 Å². The Kier molecular flexibility index (Phi) is 11.6. The van der Waals surface area contributed by atoms with E-state index in [1.165, 1.54) is 0 Å². The van der Waals surface area contributed by atoms with Crippen molar-refractivity contribution in [2.24, 2.45) is 4.99 Å². The number of nitrogens with one attached hydrogen (secondary N) is 2. The predicted molar refractivity (Wildman–Crippen MR) is 103 cm³/mol. The molecule has 9 heteroatoms. The number of aryl methyl sites for hydroxylation is 1. The van der Waals surface area contributed by atoms with Gasteiger partial charge in [-0.1, -0.05) is 12.1 Å². The second-order valence-electron chi connectivity index (χ2n) is 5.13. The average molecular weight is 475 g/mol. The third-order valence-electron chi connectivity index (χ3n) is 2.96. The third-order valence-corrected chi connectivity index (χ3v) is 2.96. The predicted octanol–water partition coefficient (Wildman–Crippen LogP) is 3.26. The molecular formula is C16H25F3IN3O2. The highest BCUT2D eigenvalue weighted by atomic mass is 127. The highest BCUT2D eigenvalue weighted by Gasteiger charge is 2.28. The van der Waals surface area contributed by atoms with Crippen LogP contribution >= 0.6 is 24.0 Å². The zero-order chi connectivity index (χ0) is 18.0. The van der Waals surface area contributed by atoms with Crippen LogP contribution in [0, 0.1) is 6.92 Å². The molecule has 0 atom stereocenters. The summed E-state index contributed by atoms with van der Waals surface area (Å²) < 4.78 is 47.0. The Bertz CT molecular complexity index is 540. The van der Waals surface area contributed by atoms with Gasteiger partial charge in [-0.25, -0.2) is 4.99 Å². The van der Waals surface area contributed by atoms with Crippen LogP contribution in [0.3, 0.4) is 0 Å². The van der Waals surface area contributed by atoms with Crippen LogP contribution in [0.15, 0.2) is 23.2 Å². The number of methoxy groups -OCH3 is 1. The summed E-state index contributed by atoms with van der Waals surface area (Å²) in [6, 6.07) is 5.13. The van der Waals surface area contributed by atoms with E-state index >= 15 is 0 Å². The van der Waals surface area contributed by atoms with Gasteiger partial charge >= 0.3 is 6.18 Å². The van der Waals surface area contributed by atoms with Crippen molar-refractivity contribution in [3.05, 3.63) is 29.3 Å². The molecule has 144 valence electrons. The summed E-state index contributed by atoms with van der Waals surface area (Å²) in [4.78, 5) is 4.37. The van der Waals surface area contributed by atoms with E-state index in [4.69, 9.17) is 9.47 Å². The molecule has 0 aromatic heterocycles. The van der Waals surface area contributed by atoms with Gasteiger partial charge in [0, 0.05) is 25.8 Å². The van der Waals surface area contributed by atoms with Crippen LogP contribution < -0.4 is 15.4 Å². The number of rotatable bonds is 8. The number of aliphatic imine (C=N–C) groups is 1. The van der Waals surface area contributed by atoms with Gasteiger partial charge in [-0.3, -0.25) is 0 Å². The second-order valence-corrected chi connectivity index (χ2v) is 5.13. The van der Waals surface area contributed by atoms with Crippen LogP contribution in [-0.2, 0) is 11.3 Å². The highest BCUT2D eigenvalue weighted by Crippen LogP contribution is 2.24. The van der Waals surface area contributed by atoms with E-state index in [1.54, 1.807) is 26.2 Å². The molecule has 0 fully saturated rings. The van der Waals surface area contributed by atoms with Gasteiger partial charge in [0.05, 0.1) is 13.2 Å². The molecule has 0 saturated carbocycles. The Labute approximate surface area is 163 Å². The molecule has 1 aromatic carbocycles. The molecular weight excluding hydrogens is 450 g/mol. The maximum Gasteiger partial charge on any atom is 0.422 e. The minimum Gasteiger partial charge on any atom is -0.484 e. The van der Waals surface area contributed by atoms with E-state index in [1.807, 2.05) is 13.0 Å². The van der Waals surface area contributed by atoms with Crippen LogP contribution in [-0.4, -0.2) is 45.5 Å². The van der Waals surface area contributed by atoms with Gasteiger partial charge < -0.3 is 20.1 Å². The first kappa shape index (κ1) is 23.8. The lowest BCUT2D eigenvalue weighted by Gasteiger charge is -2.14. The lowest BCUT2D eigenvalue weighted by atomic mass is 10.1. The summed E-state index contributed by atoms with van der Waals surface area (Å²) >= 11 is 0. The smallest absolute Gasteiger partial charge is 0.422 e. The molecule has 0 aliphatic carbocycles. The molecule has 0 aliphatic rings. The standard InChI is InChI=1S/C16H24F3N3O2.HI/c1-4-20-15(21-7-8-23-3)22-10-13-6-5-12(2)9-14(13)24-11-16(17,18)19;/h5-6,9H,4,7-8,10-11H2,1-3H3,(H2,20,21,22);1H.